The molecule has 1 unspecified atom stereocenters. The molecule has 2 aliphatic heterocycles. The van der Waals surface area contributed by atoms with Crippen molar-refractivity contribution < 1.29 is 19.1 Å². The van der Waals surface area contributed by atoms with Crippen LogP contribution in [-0.4, -0.2) is 35.1 Å². The fraction of sp³-hybridized carbons (Fsp3) is 0.238. The van der Waals surface area contributed by atoms with Gasteiger partial charge in [0.05, 0.1) is 18.2 Å². The zero-order valence-corrected chi connectivity index (χ0v) is 16.7. The topological polar surface area (TPSA) is 93.7 Å². The number of hydrogen-bond donors (Lipinski definition) is 1. The average molecular weight is 422 g/mol. The number of nitrogens with zero attached hydrogens (tertiary/aromatic N) is 3. The van der Waals surface area contributed by atoms with E-state index in [1.807, 2.05) is 17.5 Å². The molecule has 2 aromatic heterocycles. The van der Waals surface area contributed by atoms with Crippen LogP contribution < -0.4 is 19.7 Å². The van der Waals surface area contributed by atoms with E-state index in [-0.39, 0.29) is 25.0 Å². The Hall–Kier alpha value is -3.46. The molecule has 5 rings (SSSR count). The number of amides is 2. The fourth-order valence-electron chi connectivity index (χ4n) is 3.52. The SMILES string of the molecule is O=C(NCc1csc(-c2cccnc2)n1)C1CC(=O)N(c2ccc3c(c2)OCO3)C1. The summed E-state index contributed by atoms with van der Waals surface area (Å²) in [6.45, 7) is 0.837. The molecule has 0 bridgehead atoms. The molecule has 8 nitrogen and oxygen atoms in total. The van der Waals surface area contributed by atoms with Crippen molar-refractivity contribution in [3.05, 3.63) is 53.8 Å². The monoisotopic (exact) mass is 422 g/mol. The van der Waals surface area contributed by atoms with Crippen LogP contribution >= 0.6 is 11.3 Å². The van der Waals surface area contributed by atoms with Gasteiger partial charge in [-0.15, -0.1) is 11.3 Å². The highest BCUT2D eigenvalue weighted by Crippen LogP contribution is 2.37. The first-order chi connectivity index (χ1) is 14.7. The number of hydrogen-bond acceptors (Lipinski definition) is 7. The van der Waals surface area contributed by atoms with E-state index in [0.29, 0.717) is 30.3 Å². The molecule has 2 amide bonds. The highest BCUT2D eigenvalue weighted by atomic mass is 32.1. The van der Waals surface area contributed by atoms with Gasteiger partial charge in [-0.2, -0.15) is 0 Å². The van der Waals surface area contributed by atoms with Gasteiger partial charge in [-0.1, -0.05) is 0 Å². The van der Waals surface area contributed by atoms with Gasteiger partial charge >= 0.3 is 0 Å². The summed E-state index contributed by atoms with van der Waals surface area (Å²) < 4.78 is 10.7. The quantitative estimate of drug-likeness (QED) is 0.679. The number of carbonyl (C=O) groups is 2. The summed E-state index contributed by atoms with van der Waals surface area (Å²) in [5, 5.41) is 5.68. The molecule has 2 aliphatic rings. The Morgan fingerprint density at radius 1 is 1.27 bits per heavy atom. The molecule has 152 valence electrons. The number of nitrogens with one attached hydrogen (secondary N) is 1. The highest BCUT2D eigenvalue weighted by Gasteiger charge is 2.35. The molecule has 0 saturated carbocycles. The van der Waals surface area contributed by atoms with E-state index in [1.54, 1.807) is 35.5 Å². The third-order valence-corrected chi connectivity index (χ3v) is 6.01. The maximum absolute atomic E-state index is 12.6. The largest absolute Gasteiger partial charge is 0.454 e. The summed E-state index contributed by atoms with van der Waals surface area (Å²) in [6, 6.07) is 9.17. The van der Waals surface area contributed by atoms with E-state index in [1.165, 1.54) is 11.3 Å². The summed E-state index contributed by atoms with van der Waals surface area (Å²) in [7, 11) is 0. The van der Waals surface area contributed by atoms with Gasteiger partial charge in [-0.3, -0.25) is 14.6 Å². The predicted octanol–water partition coefficient (Wildman–Crippen LogP) is 2.60. The number of rotatable bonds is 5. The molecule has 0 radical (unpaired) electrons. The molecular weight excluding hydrogens is 404 g/mol. The summed E-state index contributed by atoms with van der Waals surface area (Å²) in [5.41, 5.74) is 2.44. The molecular formula is C21H18N4O4S. The lowest BCUT2D eigenvalue weighted by Crippen LogP contribution is -2.32. The molecule has 0 aliphatic carbocycles. The molecule has 1 fully saturated rings. The van der Waals surface area contributed by atoms with Gasteiger partial charge in [0.1, 0.15) is 5.01 Å². The lowest BCUT2D eigenvalue weighted by atomic mass is 10.1. The van der Waals surface area contributed by atoms with Crippen LogP contribution in [0.25, 0.3) is 10.6 Å². The third-order valence-electron chi connectivity index (χ3n) is 5.07. The third kappa shape index (κ3) is 3.59. The van der Waals surface area contributed by atoms with E-state index in [2.05, 4.69) is 15.3 Å². The van der Waals surface area contributed by atoms with E-state index in [9.17, 15) is 9.59 Å². The summed E-state index contributed by atoms with van der Waals surface area (Å²) in [6.07, 6.45) is 3.66. The van der Waals surface area contributed by atoms with E-state index >= 15 is 0 Å². The van der Waals surface area contributed by atoms with Crippen molar-refractivity contribution in [3.8, 4) is 22.1 Å². The molecule has 1 atom stereocenters. The average Bonchev–Trinajstić information content (AvgIpc) is 3.51. The Morgan fingerprint density at radius 3 is 3.03 bits per heavy atom. The van der Waals surface area contributed by atoms with E-state index < -0.39 is 5.92 Å². The standard InChI is InChI=1S/C21H18N4O4S/c26-19-6-14(10-25(19)16-3-4-17-18(7-16)29-12-28-17)20(27)23-9-15-11-30-21(24-15)13-2-1-5-22-8-13/h1-5,7-8,11,14H,6,9-10,12H2,(H,23,27). The zero-order valence-electron chi connectivity index (χ0n) is 15.9. The van der Waals surface area contributed by atoms with Gasteiger partial charge < -0.3 is 19.7 Å². The molecule has 9 heteroatoms. The van der Waals surface area contributed by atoms with Crippen LogP contribution in [0.15, 0.2) is 48.1 Å². The minimum Gasteiger partial charge on any atom is -0.454 e. The van der Waals surface area contributed by atoms with Gasteiger partial charge in [0.25, 0.3) is 0 Å². The van der Waals surface area contributed by atoms with Crippen LogP contribution in [-0.2, 0) is 16.1 Å². The second-order valence-electron chi connectivity index (χ2n) is 7.05. The number of aromatic nitrogens is 2. The maximum Gasteiger partial charge on any atom is 0.231 e. The number of ether oxygens (including phenoxy) is 2. The summed E-state index contributed by atoms with van der Waals surface area (Å²) >= 11 is 1.51. The van der Waals surface area contributed by atoms with Crippen molar-refractivity contribution in [2.24, 2.45) is 5.92 Å². The van der Waals surface area contributed by atoms with Gasteiger partial charge in [0.15, 0.2) is 11.5 Å². The number of pyridine rings is 1. The molecule has 1 N–H and O–H groups in total. The van der Waals surface area contributed by atoms with Crippen molar-refractivity contribution in [1.29, 1.82) is 0 Å². The maximum atomic E-state index is 12.6. The lowest BCUT2D eigenvalue weighted by molar-refractivity contribution is -0.126. The Kier molecular flexibility index (Phi) is 4.80. The number of fused-ring (bicyclic) bond motifs is 1. The van der Waals surface area contributed by atoms with Crippen molar-refractivity contribution in [3.63, 3.8) is 0 Å². The van der Waals surface area contributed by atoms with Crippen LogP contribution in [0.3, 0.4) is 0 Å². The normalized spacial score (nSPS) is 17.4. The van der Waals surface area contributed by atoms with Crippen molar-refractivity contribution in [1.82, 2.24) is 15.3 Å². The molecule has 3 aromatic rings. The Bertz CT molecular complexity index is 1100. The molecule has 4 heterocycles. The Balaban J connectivity index is 1.20. The van der Waals surface area contributed by atoms with Gasteiger partial charge in [0.2, 0.25) is 18.6 Å². The first-order valence-corrected chi connectivity index (χ1v) is 10.4. The van der Waals surface area contributed by atoms with Crippen LogP contribution in [0.4, 0.5) is 5.69 Å². The van der Waals surface area contributed by atoms with Crippen molar-refractivity contribution in [2.45, 2.75) is 13.0 Å². The van der Waals surface area contributed by atoms with Crippen molar-refractivity contribution >= 4 is 28.8 Å². The number of thiazole rings is 1. The number of anilines is 1. The predicted molar refractivity (Wildman–Crippen MR) is 110 cm³/mol. The van der Waals surface area contributed by atoms with E-state index in [0.717, 1.165) is 16.3 Å². The first kappa shape index (κ1) is 18.6. The van der Waals surface area contributed by atoms with Gasteiger partial charge in [-0.25, -0.2) is 4.98 Å². The Labute approximate surface area is 176 Å². The van der Waals surface area contributed by atoms with Crippen LogP contribution in [0.5, 0.6) is 11.5 Å². The summed E-state index contributed by atoms with van der Waals surface area (Å²) in [5.74, 6) is 0.637. The van der Waals surface area contributed by atoms with Crippen LogP contribution in [0.2, 0.25) is 0 Å². The number of benzene rings is 1. The fourth-order valence-corrected chi connectivity index (χ4v) is 4.33. The molecule has 1 aromatic carbocycles. The zero-order chi connectivity index (χ0) is 20.5. The highest BCUT2D eigenvalue weighted by molar-refractivity contribution is 7.13. The first-order valence-electron chi connectivity index (χ1n) is 9.50. The van der Waals surface area contributed by atoms with Gasteiger partial charge in [-0.05, 0) is 24.3 Å². The van der Waals surface area contributed by atoms with E-state index in [4.69, 9.17) is 9.47 Å². The minimum atomic E-state index is -0.403. The number of carbonyl (C=O) groups excluding carboxylic acids is 2. The molecule has 1 saturated heterocycles. The van der Waals surface area contributed by atoms with Crippen molar-refractivity contribution in [2.75, 3.05) is 18.2 Å². The molecule has 30 heavy (non-hydrogen) atoms. The Morgan fingerprint density at radius 2 is 2.17 bits per heavy atom. The van der Waals surface area contributed by atoms with Gasteiger partial charge in [0, 0.05) is 48.1 Å². The smallest absolute Gasteiger partial charge is 0.231 e. The minimum absolute atomic E-state index is 0.0819. The second kappa shape index (κ2) is 7.75. The second-order valence-corrected chi connectivity index (χ2v) is 7.90. The van der Waals surface area contributed by atoms with Crippen LogP contribution in [0, 0.1) is 5.92 Å². The molecule has 0 spiro atoms. The van der Waals surface area contributed by atoms with Crippen LogP contribution in [0.1, 0.15) is 12.1 Å². The lowest BCUT2D eigenvalue weighted by Gasteiger charge is -2.17. The summed E-state index contributed by atoms with van der Waals surface area (Å²) in [4.78, 5) is 35.4.